The summed E-state index contributed by atoms with van der Waals surface area (Å²) >= 11 is 8.98. The predicted octanol–water partition coefficient (Wildman–Crippen LogP) is 5.23. The van der Waals surface area contributed by atoms with Crippen LogP contribution in [-0.4, -0.2) is 5.33 Å². The second-order valence-electron chi connectivity index (χ2n) is 4.31. The number of rotatable bonds is 3. The molecule has 104 valence electrons. The second kappa shape index (κ2) is 9.58. The average Bonchev–Trinajstić information content (AvgIpc) is 2.49. The summed E-state index contributed by atoms with van der Waals surface area (Å²) in [5, 5.41) is 9.51. The molecule has 0 aliphatic rings. The first kappa shape index (κ1) is 16.8. The molecule has 20 heavy (non-hydrogen) atoms. The maximum absolute atomic E-state index is 8.57. The van der Waals surface area contributed by atoms with Gasteiger partial charge >= 0.3 is 0 Å². The lowest BCUT2D eigenvalue weighted by molar-refractivity contribution is 1.17. The van der Waals surface area contributed by atoms with Crippen molar-refractivity contribution in [3.8, 4) is 6.07 Å². The van der Waals surface area contributed by atoms with E-state index in [4.69, 9.17) is 16.9 Å². The lowest BCUT2D eigenvalue weighted by Gasteiger charge is -1.97. The molecule has 0 heterocycles. The first-order chi connectivity index (χ1) is 9.71. The van der Waals surface area contributed by atoms with E-state index in [1.54, 1.807) is 0 Å². The van der Waals surface area contributed by atoms with Crippen LogP contribution in [0.3, 0.4) is 0 Å². The van der Waals surface area contributed by atoms with Crippen LogP contribution in [0.25, 0.3) is 0 Å². The maximum atomic E-state index is 8.57. The van der Waals surface area contributed by atoms with Crippen molar-refractivity contribution in [2.75, 3.05) is 5.33 Å². The highest BCUT2D eigenvalue weighted by atomic mass is 79.9. The van der Waals surface area contributed by atoms with E-state index >= 15 is 0 Å². The lowest BCUT2D eigenvalue weighted by Crippen LogP contribution is -1.85. The largest absolute Gasteiger partial charge is 0.192 e. The number of aryl methyl sites for hydroxylation is 2. The first-order valence-corrected chi connectivity index (χ1v) is 8.02. The maximum Gasteiger partial charge on any atom is 0.0991 e. The van der Waals surface area contributed by atoms with Gasteiger partial charge in [0.15, 0.2) is 0 Å². The molecule has 0 saturated heterocycles. The topological polar surface area (TPSA) is 23.8 Å². The molecular formula is C17H17BrClN. The van der Waals surface area contributed by atoms with Crippen molar-refractivity contribution in [2.45, 2.75) is 19.2 Å². The molecule has 0 saturated carbocycles. The molecule has 0 aromatic heterocycles. The minimum absolute atomic E-state index is 0.618. The third kappa shape index (κ3) is 5.77. The molecule has 0 unspecified atom stereocenters. The number of alkyl halides is 2. The minimum Gasteiger partial charge on any atom is -0.192 e. The van der Waals surface area contributed by atoms with E-state index in [1.807, 2.05) is 42.5 Å². The number of benzene rings is 2. The third-order valence-electron chi connectivity index (χ3n) is 2.84. The Morgan fingerprint density at radius 1 is 1.15 bits per heavy atom. The fourth-order valence-electron chi connectivity index (χ4n) is 1.67. The van der Waals surface area contributed by atoms with Gasteiger partial charge in [0, 0.05) is 11.2 Å². The summed E-state index contributed by atoms with van der Waals surface area (Å²) in [6.07, 6.45) is 0.982. The van der Waals surface area contributed by atoms with E-state index in [-0.39, 0.29) is 0 Å². The molecule has 1 nitrogen and oxygen atoms in total. The van der Waals surface area contributed by atoms with Gasteiger partial charge in [0.2, 0.25) is 0 Å². The van der Waals surface area contributed by atoms with Crippen molar-refractivity contribution < 1.29 is 0 Å². The Kier molecular flexibility index (Phi) is 8.02. The Morgan fingerprint density at radius 2 is 1.90 bits per heavy atom. The fraction of sp³-hybridized carbons (Fsp3) is 0.235. The number of hydrogen-bond acceptors (Lipinski definition) is 1. The summed E-state index contributed by atoms with van der Waals surface area (Å²) in [5.41, 5.74) is 4.44. The number of hydrogen-bond donors (Lipinski definition) is 0. The summed E-state index contributed by atoms with van der Waals surface area (Å²) in [6.45, 7) is 2.07. The summed E-state index contributed by atoms with van der Waals surface area (Å²) in [7, 11) is 0. The molecule has 0 fully saturated rings. The smallest absolute Gasteiger partial charge is 0.0991 e. The molecule has 3 heteroatoms. The van der Waals surface area contributed by atoms with Gasteiger partial charge in [0.25, 0.3) is 0 Å². The molecule has 0 aliphatic carbocycles. The molecule has 0 amide bonds. The van der Waals surface area contributed by atoms with Crippen LogP contribution in [0.2, 0.25) is 0 Å². The van der Waals surface area contributed by atoms with E-state index in [9.17, 15) is 0 Å². The molecule has 0 aliphatic heterocycles. The Bertz CT molecular complexity index is 575. The molecule has 2 aromatic carbocycles. The summed E-state index contributed by atoms with van der Waals surface area (Å²) in [6, 6.07) is 17.9. The predicted molar refractivity (Wildman–Crippen MR) is 89.4 cm³/mol. The zero-order chi connectivity index (χ0) is 14.8. The molecule has 0 atom stereocenters. The van der Waals surface area contributed by atoms with Crippen molar-refractivity contribution in [3.63, 3.8) is 0 Å². The molecule has 2 rings (SSSR count). The van der Waals surface area contributed by atoms with Crippen LogP contribution in [0.15, 0.2) is 48.5 Å². The zero-order valence-electron chi connectivity index (χ0n) is 11.4. The van der Waals surface area contributed by atoms with E-state index < -0.39 is 0 Å². The van der Waals surface area contributed by atoms with Gasteiger partial charge in [-0.25, -0.2) is 0 Å². The second-order valence-corrected chi connectivity index (χ2v) is 5.37. The summed E-state index contributed by atoms with van der Waals surface area (Å²) < 4.78 is 0. The normalized spacial score (nSPS) is 9.30. The number of nitriles is 1. The van der Waals surface area contributed by atoms with E-state index in [0.29, 0.717) is 5.88 Å². The van der Waals surface area contributed by atoms with E-state index in [1.165, 1.54) is 16.7 Å². The van der Waals surface area contributed by atoms with E-state index in [2.05, 4.69) is 35.0 Å². The Labute approximate surface area is 134 Å². The standard InChI is InChI=1S/C9H8BrN.C8H9Cl/c10-5-4-8-2-1-3-9(6-8)7-11;1-7-4-2-3-5-8(7)6-9/h1-3,6H,4-5H2;2-5H,6H2,1H3. The Morgan fingerprint density at radius 3 is 2.45 bits per heavy atom. The van der Waals surface area contributed by atoms with Gasteiger partial charge in [-0.05, 0) is 42.2 Å². The van der Waals surface area contributed by atoms with Crippen LogP contribution in [0, 0.1) is 18.3 Å². The molecule has 0 bridgehead atoms. The average molecular weight is 351 g/mol. The monoisotopic (exact) mass is 349 g/mol. The van der Waals surface area contributed by atoms with Gasteiger partial charge in [-0.1, -0.05) is 52.3 Å². The quantitative estimate of drug-likeness (QED) is 0.695. The first-order valence-electron chi connectivity index (χ1n) is 6.36. The van der Waals surface area contributed by atoms with Crippen LogP contribution in [-0.2, 0) is 12.3 Å². The highest BCUT2D eigenvalue weighted by Gasteiger charge is 1.92. The third-order valence-corrected chi connectivity index (χ3v) is 3.53. The van der Waals surface area contributed by atoms with Gasteiger partial charge < -0.3 is 0 Å². The van der Waals surface area contributed by atoms with Gasteiger partial charge in [-0.3, -0.25) is 0 Å². The Hall–Kier alpha value is -1.30. The van der Waals surface area contributed by atoms with Crippen molar-refractivity contribution in [1.29, 1.82) is 5.26 Å². The van der Waals surface area contributed by atoms with Gasteiger partial charge in [-0.15, -0.1) is 11.6 Å². The van der Waals surface area contributed by atoms with Crippen molar-refractivity contribution >= 4 is 27.5 Å². The van der Waals surface area contributed by atoms with Gasteiger partial charge in [0.05, 0.1) is 11.6 Å². The molecule has 0 radical (unpaired) electrons. The van der Waals surface area contributed by atoms with E-state index in [0.717, 1.165) is 17.3 Å². The lowest BCUT2D eigenvalue weighted by atomic mass is 10.1. The summed E-state index contributed by atoms with van der Waals surface area (Å²) in [4.78, 5) is 0. The Balaban J connectivity index is 0.000000204. The van der Waals surface area contributed by atoms with Gasteiger partial charge in [0.1, 0.15) is 0 Å². The molecule has 0 N–H and O–H groups in total. The molecule has 2 aromatic rings. The van der Waals surface area contributed by atoms with Crippen LogP contribution in [0.4, 0.5) is 0 Å². The highest BCUT2D eigenvalue weighted by molar-refractivity contribution is 9.09. The van der Waals surface area contributed by atoms with Crippen LogP contribution in [0.5, 0.6) is 0 Å². The summed E-state index contributed by atoms with van der Waals surface area (Å²) in [5.74, 6) is 0.618. The number of halogens is 2. The van der Waals surface area contributed by atoms with Crippen LogP contribution in [0.1, 0.15) is 22.3 Å². The minimum atomic E-state index is 0.618. The van der Waals surface area contributed by atoms with Crippen molar-refractivity contribution in [2.24, 2.45) is 0 Å². The van der Waals surface area contributed by atoms with Crippen LogP contribution >= 0.6 is 27.5 Å². The van der Waals surface area contributed by atoms with Crippen molar-refractivity contribution in [1.82, 2.24) is 0 Å². The zero-order valence-corrected chi connectivity index (χ0v) is 13.8. The van der Waals surface area contributed by atoms with Gasteiger partial charge in [-0.2, -0.15) is 5.26 Å². The number of nitrogens with zero attached hydrogens (tertiary/aromatic N) is 1. The molecule has 0 spiro atoms. The SMILES string of the molecule is Cc1ccccc1CCl.N#Cc1cccc(CCBr)c1. The fourth-order valence-corrected chi connectivity index (χ4v) is 2.42. The van der Waals surface area contributed by atoms with Crippen LogP contribution < -0.4 is 0 Å². The molecular weight excluding hydrogens is 334 g/mol. The highest BCUT2D eigenvalue weighted by Crippen LogP contribution is 2.08. The van der Waals surface area contributed by atoms with Crippen molar-refractivity contribution in [3.05, 3.63) is 70.8 Å².